The van der Waals surface area contributed by atoms with Crippen LogP contribution in [0.3, 0.4) is 0 Å². The Kier molecular flexibility index (Phi) is 4.35. The zero-order valence-corrected chi connectivity index (χ0v) is 15.5. The van der Waals surface area contributed by atoms with Crippen LogP contribution in [0.25, 0.3) is 10.1 Å². The van der Waals surface area contributed by atoms with Crippen LogP contribution in [0.5, 0.6) is 0 Å². The van der Waals surface area contributed by atoms with Gasteiger partial charge in [0.2, 0.25) is 0 Å². The summed E-state index contributed by atoms with van der Waals surface area (Å²) in [5.74, 6) is -0.134. The van der Waals surface area contributed by atoms with Crippen LogP contribution in [-0.2, 0) is 6.54 Å². The van der Waals surface area contributed by atoms with Crippen molar-refractivity contribution in [1.82, 2.24) is 5.32 Å². The van der Waals surface area contributed by atoms with E-state index in [4.69, 9.17) is 5.73 Å². The summed E-state index contributed by atoms with van der Waals surface area (Å²) in [6, 6.07) is 9.79. The number of carbonyl (C=O) groups excluding carboxylic acids is 1. The summed E-state index contributed by atoms with van der Waals surface area (Å²) in [7, 11) is 0. The minimum absolute atomic E-state index is 0.134. The van der Waals surface area contributed by atoms with Crippen LogP contribution in [0, 0.1) is 0 Å². The molecule has 0 aliphatic rings. The standard InChI is InChI=1S/C14H10Br2N2OS2/c15-8-2-1-3-9-11(8)12(17)13(21-9)14(19)18-6-7-4-5-10(16)20-7/h1-5H,6,17H2,(H,18,19). The van der Waals surface area contributed by atoms with Gasteiger partial charge in [-0.25, -0.2) is 0 Å². The number of carbonyl (C=O) groups is 1. The molecule has 0 radical (unpaired) electrons. The van der Waals surface area contributed by atoms with Gasteiger partial charge in [0.15, 0.2) is 0 Å². The van der Waals surface area contributed by atoms with Crippen molar-refractivity contribution < 1.29 is 4.79 Å². The van der Waals surface area contributed by atoms with E-state index in [9.17, 15) is 4.79 Å². The SMILES string of the molecule is Nc1c(C(=O)NCc2ccc(Br)s2)sc2cccc(Br)c12. The molecule has 0 fully saturated rings. The molecule has 0 aliphatic heterocycles. The van der Waals surface area contributed by atoms with Gasteiger partial charge in [0.25, 0.3) is 5.91 Å². The highest BCUT2D eigenvalue weighted by Crippen LogP contribution is 2.38. The van der Waals surface area contributed by atoms with Crippen molar-refractivity contribution in [3.8, 4) is 0 Å². The maximum Gasteiger partial charge on any atom is 0.263 e. The number of hydrogen-bond donors (Lipinski definition) is 2. The van der Waals surface area contributed by atoms with Crippen molar-refractivity contribution in [3.63, 3.8) is 0 Å². The smallest absolute Gasteiger partial charge is 0.263 e. The van der Waals surface area contributed by atoms with E-state index in [0.717, 1.165) is 23.2 Å². The number of fused-ring (bicyclic) bond motifs is 1. The van der Waals surface area contributed by atoms with Gasteiger partial charge in [-0.15, -0.1) is 22.7 Å². The molecule has 3 rings (SSSR count). The van der Waals surface area contributed by atoms with Crippen molar-refractivity contribution >= 4 is 76.2 Å². The third-order valence-corrected chi connectivity index (χ3v) is 6.41. The molecule has 0 atom stereocenters. The molecule has 3 nitrogen and oxygen atoms in total. The van der Waals surface area contributed by atoms with Crippen molar-refractivity contribution in [2.75, 3.05) is 5.73 Å². The molecule has 3 aromatic rings. The van der Waals surface area contributed by atoms with Gasteiger partial charge in [0.05, 0.1) is 16.0 Å². The summed E-state index contributed by atoms with van der Waals surface area (Å²) in [6.45, 7) is 0.504. The number of nitrogen functional groups attached to an aromatic ring is 1. The summed E-state index contributed by atoms with van der Waals surface area (Å²) >= 11 is 9.91. The molecule has 7 heteroatoms. The van der Waals surface area contributed by atoms with Gasteiger partial charge < -0.3 is 11.1 Å². The van der Waals surface area contributed by atoms with Gasteiger partial charge in [-0.3, -0.25) is 4.79 Å². The van der Waals surface area contributed by atoms with E-state index in [-0.39, 0.29) is 5.91 Å². The molecule has 21 heavy (non-hydrogen) atoms. The Morgan fingerprint density at radius 1 is 1.19 bits per heavy atom. The summed E-state index contributed by atoms with van der Waals surface area (Å²) in [6.07, 6.45) is 0. The van der Waals surface area contributed by atoms with E-state index in [1.165, 1.54) is 11.3 Å². The number of benzene rings is 1. The number of halogens is 2. The predicted octanol–water partition coefficient (Wildman–Crippen LogP) is 5.00. The average Bonchev–Trinajstić information content (AvgIpc) is 3.01. The third kappa shape index (κ3) is 3.01. The molecular formula is C14H10Br2N2OS2. The average molecular weight is 446 g/mol. The third-order valence-electron chi connectivity index (χ3n) is 2.96. The second-order valence-corrected chi connectivity index (χ2v) is 8.80. The lowest BCUT2D eigenvalue weighted by atomic mass is 10.2. The van der Waals surface area contributed by atoms with Gasteiger partial charge >= 0.3 is 0 Å². The molecule has 0 saturated heterocycles. The highest BCUT2D eigenvalue weighted by molar-refractivity contribution is 9.11. The minimum atomic E-state index is -0.134. The largest absolute Gasteiger partial charge is 0.397 e. The Morgan fingerprint density at radius 3 is 2.67 bits per heavy atom. The number of nitrogens with one attached hydrogen (secondary N) is 1. The molecule has 0 aliphatic carbocycles. The Morgan fingerprint density at radius 2 is 2.00 bits per heavy atom. The molecule has 0 spiro atoms. The fraction of sp³-hybridized carbons (Fsp3) is 0.0714. The molecule has 2 heterocycles. The van der Waals surface area contributed by atoms with Crippen LogP contribution in [0.15, 0.2) is 38.6 Å². The quantitative estimate of drug-likeness (QED) is 0.595. The molecule has 1 amide bonds. The first kappa shape index (κ1) is 15.0. The van der Waals surface area contributed by atoms with Crippen LogP contribution in [0.2, 0.25) is 0 Å². The molecule has 108 valence electrons. The van der Waals surface area contributed by atoms with E-state index >= 15 is 0 Å². The summed E-state index contributed by atoms with van der Waals surface area (Å²) < 4.78 is 2.97. The van der Waals surface area contributed by atoms with Crippen LogP contribution >= 0.6 is 54.5 Å². The lowest BCUT2D eigenvalue weighted by Gasteiger charge is -2.02. The zero-order valence-electron chi connectivity index (χ0n) is 10.7. The van der Waals surface area contributed by atoms with E-state index in [1.54, 1.807) is 11.3 Å². The highest BCUT2D eigenvalue weighted by atomic mass is 79.9. The fourth-order valence-corrected chi connectivity index (χ4v) is 5.19. The summed E-state index contributed by atoms with van der Waals surface area (Å²) in [5, 5.41) is 3.82. The lowest BCUT2D eigenvalue weighted by molar-refractivity contribution is 0.0956. The van der Waals surface area contributed by atoms with Gasteiger partial charge in [-0.2, -0.15) is 0 Å². The van der Waals surface area contributed by atoms with Crippen LogP contribution in [0.4, 0.5) is 5.69 Å². The van der Waals surface area contributed by atoms with Gasteiger partial charge in [-0.1, -0.05) is 22.0 Å². The Balaban J connectivity index is 1.84. The van der Waals surface area contributed by atoms with Crippen LogP contribution in [0.1, 0.15) is 14.5 Å². The van der Waals surface area contributed by atoms with Crippen LogP contribution < -0.4 is 11.1 Å². The lowest BCUT2D eigenvalue weighted by Crippen LogP contribution is -2.22. The van der Waals surface area contributed by atoms with E-state index in [1.807, 2.05) is 30.3 Å². The first-order chi connectivity index (χ1) is 10.1. The monoisotopic (exact) mass is 444 g/mol. The number of nitrogens with two attached hydrogens (primary N) is 1. The Labute approximate surface area is 146 Å². The highest BCUT2D eigenvalue weighted by Gasteiger charge is 2.17. The first-order valence-corrected chi connectivity index (χ1v) is 9.27. The number of thiophene rings is 2. The second kappa shape index (κ2) is 6.08. The normalized spacial score (nSPS) is 11.0. The molecule has 3 N–H and O–H groups in total. The maximum absolute atomic E-state index is 12.3. The second-order valence-electron chi connectivity index (χ2n) is 4.35. The maximum atomic E-state index is 12.3. The number of anilines is 1. The number of amides is 1. The molecule has 0 saturated carbocycles. The van der Waals surface area contributed by atoms with Crippen LogP contribution in [-0.4, -0.2) is 5.91 Å². The van der Waals surface area contributed by atoms with E-state index < -0.39 is 0 Å². The molecule has 0 unspecified atom stereocenters. The number of hydrogen-bond acceptors (Lipinski definition) is 4. The van der Waals surface area contributed by atoms with Gasteiger partial charge in [-0.05, 0) is 40.2 Å². The summed E-state index contributed by atoms with van der Waals surface area (Å²) in [4.78, 5) is 14.0. The van der Waals surface area contributed by atoms with Gasteiger partial charge in [0, 0.05) is 19.4 Å². The fourth-order valence-electron chi connectivity index (χ4n) is 1.99. The Bertz CT molecular complexity index is 826. The van der Waals surface area contributed by atoms with E-state index in [2.05, 4.69) is 37.2 Å². The van der Waals surface area contributed by atoms with Crippen molar-refractivity contribution in [1.29, 1.82) is 0 Å². The Hall–Kier alpha value is -0.890. The summed E-state index contributed by atoms with van der Waals surface area (Å²) in [5.41, 5.74) is 6.66. The van der Waals surface area contributed by atoms with Crippen molar-refractivity contribution in [2.24, 2.45) is 0 Å². The molecule has 0 bridgehead atoms. The van der Waals surface area contributed by atoms with Crippen molar-refractivity contribution in [3.05, 3.63) is 48.3 Å². The molecule has 2 aromatic heterocycles. The van der Waals surface area contributed by atoms with Gasteiger partial charge in [0.1, 0.15) is 4.88 Å². The number of rotatable bonds is 3. The zero-order chi connectivity index (χ0) is 15.0. The minimum Gasteiger partial charge on any atom is -0.397 e. The molecular weight excluding hydrogens is 436 g/mol. The predicted molar refractivity (Wildman–Crippen MR) is 97.1 cm³/mol. The topological polar surface area (TPSA) is 55.1 Å². The molecule has 1 aromatic carbocycles. The first-order valence-electron chi connectivity index (χ1n) is 6.05. The van der Waals surface area contributed by atoms with Crippen molar-refractivity contribution in [2.45, 2.75) is 6.54 Å². The van der Waals surface area contributed by atoms with E-state index in [0.29, 0.717) is 17.1 Å².